The van der Waals surface area contributed by atoms with Crippen LogP contribution in [0.5, 0.6) is 0 Å². The van der Waals surface area contributed by atoms with Crippen molar-refractivity contribution in [2.75, 3.05) is 44.8 Å². The molecule has 0 aliphatic carbocycles. The highest BCUT2D eigenvalue weighted by molar-refractivity contribution is 5.46. The van der Waals surface area contributed by atoms with Gasteiger partial charge in [0.25, 0.3) is 0 Å². The molecule has 2 heterocycles. The predicted molar refractivity (Wildman–Crippen MR) is 100 cm³/mol. The van der Waals surface area contributed by atoms with E-state index in [4.69, 9.17) is 9.47 Å². The van der Waals surface area contributed by atoms with Gasteiger partial charge in [-0.2, -0.15) is 0 Å². The Hall–Kier alpha value is -1.14. The van der Waals surface area contributed by atoms with Gasteiger partial charge in [-0.3, -0.25) is 0 Å². The van der Waals surface area contributed by atoms with Crippen LogP contribution in [0.25, 0.3) is 0 Å². The van der Waals surface area contributed by atoms with Crippen LogP contribution in [0.15, 0.2) is 24.3 Å². The highest BCUT2D eigenvalue weighted by Crippen LogP contribution is 2.18. The molecule has 0 bridgehead atoms. The van der Waals surface area contributed by atoms with Gasteiger partial charge >= 0.3 is 0 Å². The quantitative estimate of drug-likeness (QED) is 0.756. The third kappa shape index (κ3) is 6.26. The van der Waals surface area contributed by atoms with E-state index in [1.165, 1.54) is 11.3 Å². The van der Waals surface area contributed by atoms with Crippen LogP contribution in [-0.4, -0.2) is 67.7 Å². The minimum atomic E-state index is -0.414. The maximum Gasteiger partial charge on any atom is 0.0900 e. The van der Waals surface area contributed by atoms with Crippen LogP contribution in [-0.2, 0) is 9.47 Å². The van der Waals surface area contributed by atoms with E-state index in [2.05, 4.69) is 41.4 Å². The zero-order chi connectivity index (χ0) is 17.5. The largest absolute Gasteiger partial charge is 0.389 e. The van der Waals surface area contributed by atoms with Gasteiger partial charge in [0.05, 0.1) is 25.4 Å². The molecule has 1 aromatic rings. The normalized spacial score (nSPS) is 23.7. The molecule has 5 heteroatoms. The minimum Gasteiger partial charge on any atom is -0.389 e. The van der Waals surface area contributed by atoms with E-state index in [1.54, 1.807) is 0 Å². The fraction of sp³-hybridized carbons (Fsp3) is 0.700. The molecule has 0 amide bonds. The number of nitrogens with zero attached hydrogens (tertiary/aromatic N) is 1. The van der Waals surface area contributed by atoms with Crippen molar-refractivity contribution in [1.29, 1.82) is 0 Å². The van der Waals surface area contributed by atoms with Crippen molar-refractivity contribution in [3.8, 4) is 0 Å². The van der Waals surface area contributed by atoms with E-state index >= 15 is 0 Å². The van der Waals surface area contributed by atoms with Gasteiger partial charge in [-0.05, 0) is 50.3 Å². The first-order valence-corrected chi connectivity index (χ1v) is 9.62. The van der Waals surface area contributed by atoms with E-state index in [-0.39, 0.29) is 6.10 Å². The monoisotopic (exact) mass is 348 g/mol. The van der Waals surface area contributed by atoms with Crippen molar-refractivity contribution in [3.05, 3.63) is 29.8 Å². The molecule has 2 saturated heterocycles. The summed E-state index contributed by atoms with van der Waals surface area (Å²) >= 11 is 0. The Morgan fingerprint density at radius 3 is 2.88 bits per heavy atom. The number of nitrogens with one attached hydrogen (secondary N) is 1. The van der Waals surface area contributed by atoms with Crippen molar-refractivity contribution < 1.29 is 14.6 Å². The maximum absolute atomic E-state index is 10.2. The Morgan fingerprint density at radius 1 is 1.32 bits per heavy atom. The molecule has 25 heavy (non-hydrogen) atoms. The van der Waals surface area contributed by atoms with Gasteiger partial charge in [0.2, 0.25) is 0 Å². The molecule has 1 aromatic carbocycles. The lowest BCUT2D eigenvalue weighted by Gasteiger charge is -2.34. The molecule has 5 nitrogen and oxygen atoms in total. The first kappa shape index (κ1) is 18.6. The molecular weight excluding hydrogens is 316 g/mol. The van der Waals surface area contributed by atoms with E-state index in [9.17, 15) is 5.11 Å². The lowest BCUT2D eigenvalue weighted by atomic mass is 10.0. The standard InChI is InChI=1S/C20H32N2O3/c1-16-4-2-5-18(12-16)21-17-7-9-22(10-8-17)13-19(23)14-24-15-20-6-3-11-25-20/h2,4-5,12,17,19-21,23H,3,6-11,13-15H2,1H3/t19-,20-/m1/s1. The molecule has 0 unspecified atom stereocenters. The van der Waals surface area contributed by atoms with Gasteiger partial charge < -0.3 is 24.8 Å². The molecule has 0 aromatic heterocycles. The van der Waals surface area contributed by atoms with Crippen LogP contribution in [0.2, 0.25) is 0 Å². The number of β-amino-alcohol motifs (C(OH)–C–C–N with tert-alkyl or cyclic N) is 1. The molecule has 0 radical (unpaired) electrons. The SMILES string of the molecule is Cc1cccc(NC2CCN(C[C@@H](O)COC[C@H]3CCCO3)CC2)c1. The van der Waals surface area contributed by atoms with E-state index in [1.807, 2.05) is 0 Å². The van der Waals surface area contributed by atoms with Crippen LogP contribution in [0.4, 0.5) is 5.69 Å². The Balaban J connectivity index is 1.30. The molecule has 2 N–H and O–H groups in total. The molecule has 0 saturated carbocycles. The predicted octanol–water partition coefficient (Wildman–Crippen LogP) is 2.43. The summed E-state index contributed by atoms with van der Waals surface area (Å²) in [7, 11) is 0. The highest BCUT2D eigenvalue weighted by Gasteiger charge is 2.21. The second kappa shape index (κ2) is 9.53. The van der Waals surface area contributed by atoms with Gasteiger partial charge in [0.1, 0.15) is 0 Å². The molecular formula is C20H32N2O3. The smallest absolute Gasteiger partial charge is 0.0900 e. The fourth-order valence-corrected chi connectivity index (χ4v) is 3.69. The number of benzene rings is 1. The molecule has 2 fully saturated rings. The minimum absolute atomic E-state index is 0.232. The van der Waals surface area contributed by atoms with E-state index in [0.29, 0.717) is 25.8 Å². The van der Waals surface area contributed by atoms with Gasteiger partial charge in [-0.1, -0.05) is 12.1 Å². The van der Waals surface area contributed by atoms with Gasteiger partial charge in [0.15, 0.2) is 0 Å². The second-order valence-electron chi connectivity index (χ2n) is 7.42. The fourth-order valence-electron chi connectivity index (χ4n) is 3.69. The molecule has 140 valence electrons. The number of piperidine rings is 1. The zero-order valence-corrected chi connectivity index (χ0v) is 15.3. The lowest BCUT2D eigenvalue weighted by molar-refractivity contribution is -0.0265. The summed E-state index contributed by atoms with van der Waals surface area (Å²) in [4.78, 5) is 2.34. The van der Waals surface area contributed by atoms with Crippen molar-refractivity contribution in [2.45, 2.75) is 50.9 Å². The van der Waals surface area contributed by atoms with Crippen LogP contribution >= 0.6 is 0 Å². The number of aryl methyl sites for hydroxylation is 1. The lowest BCUT2D eigenvalue weighted by Crippen LogP contribution is -2.43. The molecule has 3 rings (SSSR count). The van der Waals surface area contributed by atoms with Crippen molar-refractivity contribution >= 4 is 5.69 Å². The number of hydrogen-bond donors (Lipinski definition) is 2. The van der Waals surface area contributed by atoms with Crippen molar-refractivity contribution in [1.82, 2.24) is 4.90 Å². The summed E-state index contributed by atoms with van der Waals surface area (Å²) in [6, 6.07) is 9.07. The third-order valence-electron chi connectivity index (χ3n) is 5.08. The van der Waals surface area contributed by atoms with Gasteiger partial charge in [-0.25, -0.2) is 0 Å². The summed E-state index contributed by atoms with van der Waals surface area (Å²) in [5.74, 6) is 0. The Labute approximate surface area is 151 Å². The van der Waals surface area contributed by atoms with Crippen LogP contribution in [0, 0.1) is 6.92 Å². The summed E-state index contributed by atoms with van der Waals surface area (Å²) in [6.07, 6.45) is 4.24. The topological polar surface area (TPSA) is 54.0 Å². The number of likely N-dealkylation sites (tertiary alicyclic amines) is 1. The number of aliphatic hydroxyl groups excluding tert-OH is 1. The Kier molecular flexibility index (Phi) is 7.11. The summed E-state index contributed by atoms with van der Waals surface area (Å²) in [6.45, 7) is 6.72. The first-order valence-electron chi connectivity index (χ1n) is 9.62. The van der Waals surface area contributed by atoms with E-state index in [0.717, 1.165) is 45.4 Å². The van der Waals surface area contributed by atoms with Gasteiger partial charge in [0, 0.05) is 38.0 Å². The average Bonchev–Trinajstić information content (AvgIpc) is 3.10. The van der Waals surface area contributed by atoms with Gasteiger partial charge in [-0.15, -0.1) is 0 Å². The number of ether oxygens (including phenoxy) is 2. The zero-order valence-electron chi connectivity index (χ0n) is 15.3. The van der Waals surface area contributed by atoms with Crippen LogP contribution < -0.4 is 5.32 Å². The first-order chi connectivity index (χ1) is 12.2. The molecule has 0 spiro atoms. The average molecular weight is 348 g/mol. The Bertz CT molecular complexity index is 511. The summed E-state index contributed by atoms with van der Waals surface area (Å²) in [5.41, 5.74) is 2.49. The molecule has 2 aliphatic rings. The van der Waals surface area contributed by atoms with Crippen LogP contribution in [0.3, 0.4) is 0 Å². The number of aliphatic hydroxyl groups is 1. The van der Waals surface area contributed by atoms with Crippen molar-refractivity contribution in [3.63, 3.8) is 0 Å². The van der Waals surface area contributed by atoms with E-state index < -0.39 is 6.10 Å². The number of rotatable bonds is 8. The number of hydrogen-bond acceptors (Lipinski definition) is 5. The van der Waals surface area contributed by atoms with Crippen molar-refractivity contribution in [2.24, 2.45) is 0 Å². The van der Waals surface area contributed by atoms with Crippen LogP contribution in [0.1, 0.15) is 31.2 Å². The second-order valence-corrected chi connectivity index (χ2v) is 7.42. The summed E-state index contributed by atoms with van der Waals surface area (Å²) < 4.78 is 11.1. The maximum atomic E-state index is 10.2. The Morgan fingerprint density at radius 2 is 2.16 bits per heavy atom. The third-order valence-corrected chi connectivity index (χ3v) is 5.08. The number of anilines is 1. The summed E-state index contributed by atoms with van der Waals surface area (Å²) in [5, 5.41) is 13.8. The molecule has 2 atom stereocenters. The highest BCUT2D eigenvalue weighted by atomic mass is 16.5. The molecule has 2 aliphatic heterocycles.